The van der Waals surface area contributed by atoms with Gasteiger partial charge in [-0.2, -0.15) is 0 Å². The summed E-state index contributed by atoms with van der Waals surface area (Å²) in [5.41, 5.74) is 2.54. The highest BCUT2D eigenvalue weighted by molar-refractivity contribution is 8.00. The Kier molecular flexibility index (Phi) is 6.36. The van der Waals surface area contributed by atoms with Crippen molar-refractivity contribution in [1.29, 1.82) is 0 Å². The van der Waals surface area contributed by atoms with Crippen molar-refractivity contribution in [2.45, 2.75) is 29.7 Å². The molecule has 196 valence electrons. The quantitative estimate of drug-likeness (QED) is 0.353. The number of phenols is 1. The molecule has 0 saturated carbocycles. The van der Waals surface area contributed by atoms with E-state index in [1.807, 2.05) is 25.1 Å². The van der Waals surface area contributed by atoms with Crippen LogP contribution in [0.5, 0.6) is 5.75 Å². The smallest absolute Gasteiger partial charge is 0.308 e. The third kappa shape index (κ3) is 4.35. The van der Waals surface area contributed by atoms with Crippen molar-refractivity contribution in [2.75, 3.05) is 10.2 Å². The molecule has 1 aromatic heterocycles. The standard InChI is InChI=1S/C29H23N3O5S2/c1-16-11-13-18(14-12-16)32-26(35)23-22(19-9-5-6-10-20(19)33)25-28(38-24(23)27(32)36)31(29(37)39-25)15-21(34)30-17-7-3-2-4-8-17/h2-14,22-24,33H,15H2,1H3,(H,30,34)/t22-,23?,24?/m0/s1. The second-order valence-electron chi connectivity index (χ2n) is 9.49. The molecule has 2 aliphatic heterocycles. The van der Waals surface area contributed by atoms with Crippen molar-refractivity contribution in [2.24, 2.45) is 5.92 Å². The fourth-order valence-electron chi connectivity index (χ4n) is 5.15. The molecule has 0 aliphatic carbocycles. The van der Waals surface area contributed by atoms with Crippen LogP contribution in [-0.2, 0) is 20.9 Å². The van der Waals surface area contributed by atoms with E-state index in [-0.39, 0.29) is 34.9 Å². The average molecular weight is 558 g/mol. The van der Waals surface area contributed by atoms with Crippen LogP contribution in [0.2, 0.25) is 0 Å². The fraction of sp³-hybridized carbons (Fsp3) is 0.172. The Bertz CT molecular complexity index is 1660. The van der Waals surface area contributed by atoms with Crippen LogP contribution < -0.4 is 15.1 Å². The maximum Gasteiger partial charge on any atom is 0.308 e. The molecular weight excluding hydrogens is 534 g/mol. The molecule has 6 rings (SSSR count). The molecule has 3 atom stereocenters. The number of anilines is 2. The number of rotatable bonds is 5. The summed E-state index contributed by atoms with van der Waals surface area (Å²) in [5, 5.41) is 13.2. The summed E-state index contributed by atoms with van der Waals surface area (Å²) in [7, 11) is 0. The van der Waals surface area contributed by atoms with E-state index >= 15 is 0 Å². The summed E-state index contributed by atoms with van der Waals surface area (Å²) in [6.45, 7) is 1.67. The van der Waals surface area contributed by atoms with Crippen LogP contribution in [0.1, 0.15) is 21.9 Å². The number of aromatic hydroxyl groups is 1. The Labute approximate surface area is 231 Å². The van der Waals surface area contributed by atoms with Gasteiger partial charge >= 0.3 is 4.87 Å². The highest BCUT2D eigenvalue weighted by Gasteiger charge is 2.57. The van der Waals surface area contributed by atoms with Gasteiger partial charge in [0, 0.05) is 22.0 Å². The molecule has 39 heavy (non-hydrogen) atoms. The number of aryl methyl sites for hydroxylation is 1. The number of imide groups is 1. The molecule has 2 unspecified atom stereocenters. The second kappa shape index (κ2) is 9.87. The summed E-state index contributed by atoms with van der Waals surface area (Å²) >= 11 is 2.08. The second-order valence-corrected chi connectivity index (χ2v) is 11.6. The van der Waals surface area contributed by atoms with Crippen LogP contribution in [0.15, 0.2) is 88.7 Å². The summed E-state index contributed by atoms with van der Waals surface area (Å²) in [6.07, 6.45) is 0. The molecule has 3 aromatic carbocycles. The van der Waals surface area contributed by atoms with Gasteiger partial charge in [-0.15, -0.1) is 0 Å². The van der Waals surface area contributed by atoms with Crippen LogP contribution >= 0.6 is 23.1 Å². The van der Waals surface area contributed by atoms with Crippen molar-refractivity contribution >= 4 is 52.2 Å². The molecule has 2 N–H and O–H groups in total. The van der Waals surface area contributed by atoms with Crippen molar-refractivity contribution in [3.05, 3.63) is 105 Å². The van der Waals surface area contributed by atoms with E-state index in [1.165, 1.54) is 15.5 Å². The van der Waals surface area contributed by atoms with E-state index in [4.69, 9.17) is 0 Å². The first-order valence-electron chi connectivity index (χ1n) is 12.3. The number of carbonyl (C=O) groups is 3. The molecule has 0 spiro atoms. The third-order valence-corrected chi connectivity index (χ3v) is 9.58. The molecule has 0 radical (unpaired) electrons. The Balaban J connectivity index is 1.43. The fourth-order valence-corrected chi connectivity index (χ4v) is 7.92. The van der Waals surface area contributed by atoms with Crippen LogP contribution in [0, 0.1) is 12.8 Å². The van der Waals surface area contributed by atoms with E-state index in [9.17, 15) is 24.3 Å². The van der Waals surface area contributed by atoms with Gasteiger partial charge in [-0.1, -0.05) is 77.2 Å². The Morgan fingerprint density at radius 1 is 0.923 bits per heavy atom. The zero-order chi connectivity index (χ0) is 27.3. The predicted octanol–water partition coefficient (Wildman–Crippen LogP) is 4.36. The average Bonchev–Trinajstić information content (AvgIpc) is 3.36. The van der Waals surface area contributed by atoms with Gasteiger partial charge < -0.3 is 10.4 Å². The molecule has 0 bridgehead atoms. The Morgan fingerprint density at radius 2 is 1.62 bits per heavy atom. The zero-order valence-electron chi connectivity index (χ0n) is 20.7. The largest absolute Gasteiger partial charge is 0.508 e. The molecule has 10 heteroatoms. The van der Waals surface area contributed by atoms with Gasteiger partial charge in [0.15, 0.2) is 0 Å². The number of phenolic OH excluding ortho intramolecular Hbond substituents is 1. The SMILES string of the molecule is Cc1ccc(N2C(=O)C3Sc4c(sc(=O)n4CC(=O)Nc4ccccc4)[C@@H](c4ccccc4O)C3C2=O)cc1. The number of hydrogen-bond donors (Lipinski definition) is 2. The van der Waals surface area contributed by atoms with Gasteiger partial charge in [-0.25, -0.2) is 4.90 Å². The summed E-state index contributed by atoms with van der Waals surface area (Å²) in [6, 6.07) is 22.7. The third-order valence-electron chi connectivity index (χ3n) is 6.97. The van der Waals surface area contributed by atoms with E-state index in [1.54, 1.807) is 54.6 Å². The van der Waals surface area contributed by atoms with Gasteiger partial charge in [0.05, 0.1) is 16.6 Å². The Morgan fingerprint density at radius 3 is 2.33 bits per heavy atom. The predicted molar refractivity (Wildman–Crippen MR) is 150 cm³/mol. The van der Waals surface area contributed by atoms with Gasteiger partial charge in [0.25, 0.3) is 0 Å². The van der Waals surface area contributed by atoms with Crippen molar-refractivity contribution in [1.82, 2.24) is 4.57 Å². The van der Waals surface area contributed by atoms with Gasteiger partial charge in [0.1, 0.15) is 17.5 Å². The lowest BCUT2D eigenvalue weighted by Crippen LogP contribution is -2.33. The normalized spacial score (nSPS) is 20.0. The molecule has 2 aliphatic rings. The van der Waals surface area contributed by atoms with Crippen molar-refractivity contribution in [3.8, 4) is 5.75 Å². The zero-order valence-corrected chi connectivity index (χ0v) is 22.4. The number of thiazole rings is 1. The van der Waals surface area contributed by atoms with Crippen molar-refractivity contribution < 1.29 is 19.5 Å². The number of para-hydroxylation sites is 2. The first-order valence-corrected chi connectivity index (χ1v) is 14.0. The first-order chi connectivity index (χ1) is 18.8. The van der Waals surface area contributed by atoms with Gasteiger partial charge in [-0.05, 0) is 37.3 Å². The van der Waals surface area contributed by atoms with Gasteiger partial charge in [-0.3, -0.25) is 23.7 Å². The molecule has 1 saturated heterocycles. The van der Waals surface area contributed by atoms with Crippen LogP contribution in [0.4, 0.5) is 11.4 Å². The monoisotopic (exact) mass is 557 g/mol. The summed E-state index contributed by atoms with van der Waals surface area (Å²) < 4.78 is 1.36. The lowest BCUT2D eigenvalue weighted by Gasteiger charge is -2.31. The van der Waals surface area contributed by atoms with Crippen LogP contribution in [0.3, 0.4) is 0 Å². The number of carbonyl (C=O) groups excluding carboxylic acids is 3. The minimum absolute atomic E-state index is 0.0256. The number of nitrogens with one attached hydrogen (secondary N) is 1. The lowest BCUT2D eigenvalue weighted by atomic mass is 9.82. The van der Waals surface area contributed by atoms with Crippen LogP contribution in [-0.4, -0.2) is 32.6 Å². The van der Waals surface area contributed by atoms with Crippen LogP contribution in [0.25, 0.3) is 0 Å². The topological polar surface area (TPSA) is 109 Å². The lowest BCUT2D eigenvalue weighted by molar-refractivity contribution is -0.122. The molecule has 3 amide bonds. The molecule has 1 fully saturated rings. The highest BCUT2D eigenvalue weighted by atomic mass is 32.2. The minimum Gasteiger partial charge on any atom is -0.508 e. The first kappa shape index (κ1) is 25.1. The number of benzene rings is 3. The molecule has 8 nitrogen and oxygen atoms in total. The number of thioether (sulfide) groups is 1. The molecule has 3 heterocycles. The number of aromatic nitrogens is 1. The van der Waals surface area contributed by atoms with Crippen molar-refractivity contribution in [3.63, 3.8) is 0 Å². The van der Waals surface area contributed by atoms with E-state index in [0.29, 0.717) is 26.8 Å². The van der Waals surface area contributed by atoms with E-state index in [2.05, 4.69) is 5.32 Å². The maximum absolute atomic E-state index is 13.9. The van der Waals surface area contributed by atoms with Gasteiger partial charge in [0.2, 0.25) is 17.7 Å². The molecular formula is C29H23N3O5S2. The highest BCUT2D eigenvalue weighted by Crippen LogP contribution is 2.55. The van der Waals surface area contributed by atoms with E-state index < -0.39 is 17.1 Å². The summed E-state index contributed by atoms with van der Waals surface area (Å²) in [5.74, 6) is -2.73. The minimum atomic E-state index is -0.826. The van der Waals surface area contributed by atoms with E-state index in [0.717, 1.165) is 28.7 Å². The summed E-state index contributed by atoms with van der Waals surface area (Å²) in [4.78, 5) is 55.1. The number of fused-ring (bicyclic) bond motifs is 2. The number of amides is 3. The maximum atomic E-state index is 13.9. The Hall–Kier alpha value is -4.15. The molecule has 4 aromatic rings. The number of hydrogen-bond acceptors (Lipinski definition) is 7. The number of nitrogens with zero attached hydrogens (tertiary/aromatic N) is 2.